The summed E-state index contributed by atoms with van der Waals surface area (Å²) in [5.41, 5.74) is 3.95. The molecule has 3 aromatic rings. The molecule has 0 atom stereocenters. The van der Waals surface area contributed by atoms with Crippen molar-refractivity contribution in [2.24, 2.45) is 0 Å². The van der Waals surface area contributed by atoms with Crippen molar-refractivity contribution in [1.29, 1.82) is 0 Å². The fraction of sp³-hybridized carbons (Fsp3) is 0.250. The lowest BCUT2D eigenvalue weighted by Crippen LogP contribution is -2.29. The Labute approximate surface area is 200 Å². The number of rotatable bonds is 8. The second-order valence-electron chi connectivity index (χ2n) is 8.31. The van der Waals surface area contributed by atoms with Crippen LogP contribution in [0.4, 0.5) is 5.69 Å². The summed E-state index contributed by atoms with van der Waals surface area (Å²) in [5, 5.41) is 3.62. The first-order valence-electron chi connectivity index (χ1n) is 11.4. The number of likely N-dealkylation sites (tertiary alicyclic amines) is 1. The second kappa shape index (κ2) is 11.7. The minimum Gasteiger partial charge on any atom is -0.489 e. The first-order valence-corrected chi connectivity index (χ1v) is 11.8. The van der Waals surface area contributed by atoms with Crippen molar-refractivity contribution in [1.82, 2.24) is 4.90 Å². The quantitative estimate of drug-likeness (QED) is 0.387. The Balaban J connectivity index is 1.24. The van der Waals surface area contributed by atoms with Crippen LogP contribution in [-0.4, -0.2) is 23.9 Å². The van der Waals surface area contributed by atoms with Gasteiger partial charge in [-0.15, -0.1) is 0 Å². The van der Waals surface area contributed by atoms with Crippen molar-refractivity contribution in [3.05, 3.63) is 101 Å². The van der Waals surface area contributed by atoms with Gasteiger partial charge in [-0.1, -0.05) is 60.5 Å². The zero-order chi connectivity index (χ0) is 22.9. The average molecular weight is 461 g/mol. The molecule has 4 nitrogen and oxygen atoms in total. The molecule has 0 unspecified atom stereocenters. The van der Waals surface area contributed by atoms with Crippen molar-refractivity contribution in [3.63, 3.8) is 0 Å². The maximum absolute atomic E-state index is 12.3. The number of amides is 1. The Bertz CT molecular complexity index is 1070. The summed E-state index contributed by atoms with van der Waals surface area (Å²) in [5.74, 6) is 0.596. The SMILES string of the molecule is O=C(/C=C/c1ccc(OCc2ccccc2Cl)cc1)Nc1ccc(CN2CCCCC2)cc1. The highest BCUT2D eigenvalue weighted by Gasteiger charge is 2.10. The van der Waals surface area contributed by atoms with Gasteiger partial charge in [0, 0.05) is 28.9 Å². The van der Waals surface area contributed by atoms with Gasteiger partial charge in [0.05, 0.1) is 0 Å². The first-order chi connectivity index (χ1) is 16.2. The van der Waals surface area contributed by atoms with Crippen LogP contribution in [-0.2, 0) is 17.9 Å². The lowest BCUT2D eigenvalue weighted by molar-refractivity contribution is -0.111. The molecule has 0 aromatic heterocycles. The van der Waals surface area contributed by atoms with Crippen molar-refractivity contribution in [2.75, 3.05) is 18.4 Å². The highest BCUT2D eigenvalue weighted by Crippen LogP contribution is 2.20. The summed E-state index contributed by atoms with van der Waals surface area (Å²) in [6.45, 7) is 3.75. The minimum absolute atomic E-state index is 0.155. The Morgan fingerprint density at radius 2 is 1.67 bits per heavy atom. The fourth-order valence-electron chi connectivity index (χ4n) is 3.88. The van der Waals surface area contributed by atoms with Gasteiger partial charge in [0.2, 0.25) is 5.91 Å². The summed E-state index contributed by atoms with van der Waals surface area (Å²) in [7, 11) is 0. The normalized spacial score (nSPS) is 14.3. The van der Waals surface area contributed by atoms with Crippen molar-refractivity contribution >= 4 is 29.3 Å². The summed E-state index contributed by atoms with van der Waals surface area (Å²) >= 11 is 6.16. The van der Waals surface area contributed by atoms with Gasteiger partial charge in [-0.05, 0) is 73.5 Å². The molecular formula is C28H29ClN2O2. The lowest BCUT2D eigenvalue weighted by Gasteiger charge is -2.26. The third kappa shape index (κ3) is 7.21. The highest BCUT2D eigenvalue weighted by atomic mass is 35.5. The van der Waals surface area contributed by atoms with E-state index < -0.39 is 0 Å². The van der Waals surface area contributed by atoms with E-state index in [1.54, 1.807) is 12.2 Å². The zero-order valence-corrected chi connectivity index (χ0v) is 19.4. The third-order valence-electron chi connectivity index (χ3n) is 5.74. The number of nitrogens with zero attached hydrogens (tertiary/aromatic N) is 1. The Kier molecular flexibility index (Phi) is 8.18. The molecule has 1 fully saturated rings. The Morgan fingerprint density at radius 1 is 0.939 bits per heavy atom. The van der Waals surface area contributed by atoms with E-state index >= 15 is 0 Å². The number of carbonyl (C=O) groups excluding carboxylic acids is 1. The smallest absolute Gasteiger partial charge is 0.248 e. The van der Waals surface area contributed by atoms with Crippen LogP contribution in [0.25, 0.3) is 6.08 Å². The summed E-state index contributed by atoms with van der Waals surface area (Å²) < 4.78 is 5.80. The highest BCUT2D eigenvalue weighted by molar-refractivity contribution is 6.31. The van der Waals surface area contributed by atoms with Gasteiger partial charge in [-0.2, -0.15) is 0 Å². The van der Waals surface area contributed by atoms with Crippen molar-refractivity contribution < 1.29 is 9.53 Å². The molecule has 0 saturated carbocycles. The van der Waals surface area contributed by atoms with Crippen LogP contribution < -0.4 is 10.1 Å². The van der Waals surface area contributed by atoms with Crippen molar-refractivity contribution in [2.45, 2.75) is 32.4 Å². The monoisotopic (exact) mass is 460 g/mol. The molecule has 1 saturated heterocycles. The van der Waals surface area contributed by atoms with E-state index in [0.717, 1.165) is 29.1 Å². The fourth-order valence-corrected chi connectivity index (χ4v) is 4.07. The minimum atomic E-state index is -0.155. The van der Waals surface area contributed by atoms with Gasteiger partial charge in [-0.3, -0.25) is 9.69 Å². The molecule has 1 N–H and O–H groups in total. The number of hydrogen-bond donors (Lipinski definition) is 1. The first kappa shape index (κ1) is 23.1. The molecule has 5 heteroatoms. The van der Waals surface area contributed by atoms with Gasteiger partial charge in [0.1, 0.15) is 12.4 Å². The molecule has 0 bridgehead atoms. The van der Waals surface area contributed by atoms with Crippen LogP contribution in [0.3, 0.4) is 0 Å². The lowest BCUT2D eigenvalue weighted by atomic mass is 10.1. The van der Waals surface area contributed by atoms with E-state index in [9.17, 15) is 4.79 Å². The largest absolute Gasteiger partial charge is 0.489 e. The molecule has 33 heavy (non-hydrogen) atoms. The molecular weight excluding hydrogens is 432 g/mol. The molecule has 1 aliphatic heterocycles. The topological polar surface area (TPSA) is 41.6 Å². The van der Waals surface area contributed by atoms with E-state index in [2.05, 4.69) is 22.3 Å². The molecule has 1 aliphatic rings. The van der Waals surface area contributed by atoms with Crippen LogP contribution in [0, 0.1) is 0 Å². The average Bonchev–Trinajstić information content (AvgIpc) is 2.85. The number of piperidine rings is 1. The number of nitrogens with one attached hydrogen (secondary N) is 1. The maximum atomic E-state index is 12.3. The summed E-state index contributed by atoms with van der Waals surface area (Å²) in [4.78, 5) is 14.8. The van der Waals surface area contributed by atoms with Gasteiger partial charge in [0.25, 0.3) is 0 Å². The maximum Gasteiger partial charge on any atom is 0.248 e. The molecule has 0 spiro atoms. The van der Waals surface area contributed by atoms with Crippen LogP contribution in [0.1, 0.15) is 36.0 Å². The molecule has 0 radical (unpaired) electrons. The second-order valence-corrected chi connectivity index (χ2v) is 8.71. The van der Waals surface area contributed by atoms with Gasteiger partial charge >= 0.3 is 0 Å². The van der Waals surface area contributed by atoms with E-state index in [-0.39, 0.29) is 5.91 Å². The van der Waals surface area contributed by atoms with Crippen LogP contribution in [0.5, 0.6) is 5.75 Å². The summed E-state index contributed by atoms with van der Waals surface area (Å²) in [6, 6.07) is 23.4. The van der Waals surface area contributed by atoms with Crippen LogP contribution in [0.2, 0.25) is 5.02 Å². The molecule has 170 valence electrons. The predicted octanol–water partition coefficient (Wildman–Crippen LogP) is 6.56. The predicted molar refractivity (Wildman–Crippen MR) is 135 cm³/mol. The number of halogens is 1. The number of benzene rings is 3. The number of carbonyl (C=O) groups is 1. The van der Waals surface area contributed by atoms with Crippen LogP contribution in [0.15, 0.2) is 78.9 Å². The number of ether oxygens (including phenoxy) is 1. The van der Waals surface area contributed by atoms with Gasteiger partial charge in [0.15, 0.2) is 0 Å². The van der Waals surface area contributed by atoms with E-state index in [1.165, 1.54) is 37.9 Å². The van der Waals surface area contributed by atoms with E-state index in [1.807, 2.05) is 60.7 Å². The molecule has 1 heterocycles. The molecule has 0 aliphatic carbocycles. The number of hydrogen-bond acceptors (Lipinski definition) is 3. The number of anilines is 1. The van der Waals surface area contributed by atoms with Gasteiger partial charge in [-0.25, -0.2) is 0 Å². The van der Waals surface area contributed by atoms with E-state index in [4.69, 9.17) is 16.3 Å². The Hall–Kier alpha value is -3.08. The molecule has 3 aromatic carbocycles. The molecule has 4 rings (SSSR count). The standard InChI is InChI=1S/C28H29ClN2O2/c29-27-7-3-2-6-24(27)21-33-26-15-10-22(11-16-26)12-17-28(32)30-25-13-8-23(9-14-25)20-31-18-4-1-5-19-31/h2-3,6-17H,1,4-5,18-21H2,(H,30,32)/b17-12+. The molecule has 1 amide bonds. The van der Waals surface area contributed by atoms with Crippen molar-refractivity contribution in [3.8, 4) is 5.75 Å². The summed E-state index contributed by atoms with van der Waals surface area (Å²) in [6.07, 6.45) is 7.26. The van der Waals surface area contributed by atoms with Crippen LogP contribution >= 0.6 is 11.6 Å². The Morgan fingerprint density at radius 3 is 2.39 bits per heavy atom. The third-order valence-corrected chi connectivity index (χ3v) is 6.10. The van der Waals surface area contributed by atoms with Gasteiger partial charge < -0.3 is 10.1 Å². The van der Waals surface area contributed by atoms with E-state index in [0.29, 0.717) is 11.6 Å². The zero-order valence-electron chi connectivity index (χ0n) is 18.7.